The summed E-state index contributed by atoms with van der Waals surface area (Å²) in [7, 11) is -3.93. The molecule has 4 amide bonds. The number of primary amides is 1. The highest BCUT2D eigenvalue weighted by molar-refractivity contribution is 7.90. The molecule has 106 valence electrons. The molecular formula is C11H11N3O5S. The van der Waals surface area contributed by atoms with Crippen LogP contribution in [0.2, 0.25) is 0 Å². The standard InChI is InChI=1S/C11H11N3O5S/c12-11(17)13-9(15)5-6-14-10(16)7-3-1-2-4-8(7)20(14,18)19/h1-4H,5-6H2,(H3,12,13,15,17). The van der Waals surface area contributed by atoms with Crippen molar-refractivity contribution in [3.05, 3.63) is 29.8 Å². The van der Waals surface area contributed by atoms with Gasteiger partial charge < -0.3 is 5.73 Å². The summed E-state index contributed by atoms with van der Waals surface area (Å²) < 4.78 is 24.8. The average molecular weight is 297 g/mol. The second-order valence-corrected chi connectivity index (χ2v) is 5.87. The molecule has 0 saturated heterocycles. The fourth-order valence-corrected chi connectivity index (χ4v) is 3.42. The molecule has 1 aliphatic rings. The number of amides is 4. The van der Waals surface area contributed by atoms with Gasteiger partial charge in [0, 0.05) is 13.0 Å². The van der Waals surface area contributed by atoms with Crippen molar-refractivity contribution < 1.29 is 22.8 Å². The van der Waals surface area contributed by atoms with E-state index in [0.717, 1.165) is 0 Å². The lowest BCUT2D eigenvalue weighted by Gasteiger charge is -2.14. The molecule has 0 unspecified atom stereocenters. The lowest BCUT2D eigenvalue weighted by Crippen LogP contribution is -2.38. The van der Waals surface area contributed by atoms with Gasteiger partial charge in [0.1, 0.15) is 4.90 Å². The van der Waals surface area contributed by atoms with Crippen molar-refractivity contribution in [1.29, 1.82) is 0 Å². The minimum absolute atomic E-state index is 0.0720. The highest BCUT2D eigenvalue weighted by Crippen LogP contribution is 2.29. The van der Waals surface area contributed by atoms with Gasteiger partial charge in [-0.1, -0.05) is 12.1 Å². The van der Waals surface area contributed by atoms with Crippen LogP contribution < -0.4 is 11.1 Å². The van der Waals surface area contributed by atoms with Crippen LogP contribution in [0, 0.1) is 0 Å². The van der Waals surface area contributed by atoms with Crippen LogP contribution in [0.5, 0.6) is 0 Å². The predicted molar refractivity (Wildman–Crippen MR) is 67.0 cm³/mol. The fourth-order valence-electron chi connectivity index (χ4n) is 1.86. The van der Waals surface area contributed by atoms with Crippen LogP contribution in [0.3, 0.4) is 0 Å². The maximum absolute atomic E-state index is 12.1. The van der Waals surface area contributed by atoms with Crippen molar-refractivity contribution in [2.45, 2.75) is 11.3 Å². The Bertz CT molecular complexity index is 698. The molecule has 0 atom stereocenters. The van der Waals surface area contributed by atoms with Crippen molar-refractivity contribution in [3.63, 3.8) is 0 Å². The van der Waals surface area contributed by atoms with E-state index in [2.05, 4.69) is 0 Å². The first-order chi connectivity index (χ1) is 9.34. The van der Waals surface area contributed by atoms with Gasteiger partial charge in [-0.2, -0.15) is 0 Å². The topological polar surface area (TPSA) is 127 Å². The zero-order valence-electron chi connectivity index (χ0n) is 10.2. The molecule has 3 N–H and O–H groups in total. The first kappa shape index (κ1) is 14.0. The summed E-state index contributed by atoms with van der Waals surface area (Å²) >= 11 is 0. The van der Waals surface area contributed by atoms with Crippen molar-refractivity contribution in [2.75, 3.05) is 6.54 Å². The van der Waals surface area contributed by atoms with E-state index in [1.54, 1.807) is 11.4 Å². The van der Waals surface area contributed by atoms with E-state index in [1.807, 2.05) is 0 Å². The number of rotatable bonds is 3. The molecule has 20 heavy (non-hydrogen) atoms. The zero-order chi connectivity index (χ0) is 14.9. The number of imide groups is 1. The molecule has 0 saturated carbocycles. The first-order valence-electron chi connectivity index (χ1n) is 5.59. The molecule has 0 aromatic heterocycles. The molecule has 0 bridgehead atoms. The van der Waals surface area contributed by atoms with Crippen LogP contribution in [0.1, 0.15) is 16.8 Å². The second kappa shape index (κ2) is 4.93. The van der Waals surface area contributed by atoms with E-state index >= 15 is 0 Å². The number of nitrogens with one attached hydrogen (secondary N) is 1. The maximum Gasteiger partial charge on any atom is 0.318 e. The van der Waals surface area contributed by atoms with Gasteiger partial charge >= 0.3 is 6.03 Å². The van der Waals surface area contributed by atoms with E-state index in [-0.39, 0.29) is 23.4 Å². The summed E-state index contributed by atoms with van der Waals surface area (Å²) in [6.07, 6.45) is -0.345. The summed E-state index contributed by atoms with van der Waals surface area (Å²) in [4.78, 5) is 33.6. The number of fused-ring (bicyclic) bond motifs is 1. The predicted octanol–water partition coefficient (Wildman–Crippen LogP) is -0.584. The summed E-state index contributed by atoms with van der Waals surface area (Å²) in [6, 6.07) is 4.75. The number of carbonyl (C=O) groups excluding carboxylic acids is 3. The minimum Gasteiger partial charge on any atom is -0.351 e. The summed E-state index contributed by atoms with van der Waals surface area (Å²) in [5.41, 5.74) is 4.83. The van der Waals surface area contributed by atoms with Crippen LogP contribution in [-0.4, -0.2) is 37.1 Å². The molecular weight excluding hydrogens is 286 g/mol. The minimum atomic E-state index is -3.93. The highest BCUT2D eigenvalue weighted by Gasteiger charge is 2.40. The Labute approximate surface area is 114 Å². The van der Waals surface area contributed by atoms with Crippen LogP contribution in [0.4, 0.5) is 4.79 Å². The average Bonchev–Trinajstić information content (AvgIpc) is 2.55. The van der Waals surface area contributed by atoms with Crippen LogP contribution in [-0.2, 0) is 14.8 Å². The number of nitrogens with zero attached hydrogens (tertiary/aromatic N) is 1. The zero-order valence-corrected chi connectivity index (χ0v) is 11.0. The van der Waals surface area contributed by atoms with Gasteiger partial charge in [0.05, 0.1) is 5.56 Å². The molecule has 0 radical (unpaired) electrons. The number of urea groups is 1. The first-order valence-corrected chi connectivity index (χ1v) is 7.03. The van der Waals surface area contributed by atoms with Crippen molar-refractivity contribution in [2.24, 2.45) is 5.73 Å². The number of nitrogens with two attached hydrogens (primary N) is 1. The van der Waals surface area contributed by atoms with E-state index < -0.39 is 27.9 Å². The van der Waals surface area contributed by atoms with Gasteiger partial charge in [-0.3, -0.25) is 14.9 Å². The molecule has 2 rings (SSSR count). The Kier molecular flexibility index (Phi) is 3.45. The van der Waals surface area contributed by atoms with Crippen molar-refractivity contribution in [3.8, 4) is 0 Å². The second-order valence-electron chi connectivity index (χ2n) is 4.04. The summed E-state index contributed by atoms with van der Waals surface area (Å²) in [6.45, 7) is -0.352. The monoisotopic (exact) mass is 297 g/mol. The SMILES string of the molecule is NC(=O)NC(=O)CCN1C(=O)c2ccccc2S1(=O)=O. The van der Waals surface area contributed by atoms with Gasteiger partial charge in [0.25, 0.3) is 15.9 Å². The number of sulfonamides is 1. The molecule has 8 nitrogen and oxygen atoms in total. The van der Waals surface area contributed by atoms with Crippen LogP contribution in [0.25, 0.3) is 0 Å². The van der Waals surface area contributed by atoms with Gasteiger partial charge in [-0.25, -0.2) is 17.5 Å². The van der Waals surface area contributed by atoms with Crippen LogP contribution >= 0.6 is 0 Å². The Morgan fingerprint density at radius 1 is 1.25 bits per heavy atom. The third kappa shape index (κ3) is 2.35. The number of hydrogen-bond acceptors (Lipinski definition) is 5. The largest absolute Gasteiger partial charge is 0.351 e. The molecule has 9 heteroatoms. The highest BCUT2D eigenvalue weighted by atomic mass is 32.2. The number of benzene rings is 1. The molecule has 1 aromatic rings. The fraction of sp³-hybridized carbons (Fsp3) is 0.182. The lowest BCUT2D eigenvalue weighted by molar-refractivity contribution is -0.119. The van der Waals surface area contributed by atoms with Gasteiger partial charge in [-0.15, -0.1) is 0 Å². The van der Waals surface area contributed by atoms with Gasteiger partial charge in [0.15, 0.2) is 0 Å². The third-order valence-electron chi connectivity index (χ3n) is 2.72. The molecule has 0 fully saturated rings. The van der Waals surface area contributed by atoms with E-state index in [0.29, 0.717) is 4.31 Å². The maximum atomic E-state index is 12.1. The van der Waals surface area contributed by atoms with Crippen molar-refractivity contribution >= 4 is 27.9 Å². The van der Waals surface area contributed by atoms with Gasteiger partial charge in [-0.05, 0) is 12.1 Å². The Morgan fingerprint density at radius 2 is 1.90 bits per heavy atom. The summed E-state index contributed by atoms with van der Waals surface area (Å²) in [5, 5.41) is 1.80. The summed E-state index contributed by atoms with van der Waals surface area (Å²) in [5.74, 6) is -1.44. The smallest absolute Gasteiger partial charge is 0.318 e. The normalized spacial score (nSPS) is 15.8. The molecule has 0 spiro atoms. The lowest BCUT2D eigenvalue weighted by atomic mass is 10.2. The Balaban J connectivity index is 2.18. The van der Waals surface area contributed by atoms with Crippen LogP contribution in [0.15, 0.2) is 29.2 Å². The number of carbonyl (C=O) groups is 3. The quantitative estimate of drug-likeness (QED) is 0.771. The Morgan fingerprint density at radius 3 is 2.50 bits per heavy atom. The van der Waals surface area contributed by atoms with Gasteiger partial charge in [0.2, 0.25) is 5.91 Å². The van der Waals surface area contributed by atoms with Crippen molar-refractivity contribution in [1.82, 2.24) is 9.62 Å². The molecule has 1 aromatic carbocycles. The van der Waals surface area contributed by atoms with E-state index in [1.165, 1.54) is 18.2 Å². The van der Waals surface area contributed by atoms with E-state index in [4.69, 9.17) is 5.73 Å². The number of hydrogen-bond donors (Lipinski definition) is 2. The van der Waals surface area contributed by atoms with E-state index in [9.17, 15) is 22.8 Å². The molecule has 0 aliphatic carbocycles. The molecule has 1 aliphatic heterocycles. The molecule has 1 heterocycles. The third-order valence-corrected chi connectivity index (χ3v) is 4.56. The Hall–Kier alpha value is -2.42.